The Kier molecular flexibility index (Phi) is 64.9. The lowest BCUT2D eigenvalue weighted by Gasteiger charge is -1.99. The molecule has 0 atom stereocenters. The third-order valence-corrected chi connectivity index (χ3v) is 3.58. The van der Waals surface area contributed by atoms with Crippen LogP contribution in [0.2, 0.25) is 0 Å². The van der Waals surface area contributed by atoms with Crippen LogP contribution in [0.4, 0.5) is 4.79 Å². The first kappa shape index (κ1) is 54.5. The first-order chi connectivity index (χ1) is 21.5. The van der Waals surface area contributed by atoms with Crippen LogP contribution in [-0.2, 0) is 61.8 Å². The average molecular weight is 661 g/mol. The van der Waals surface area contributed by atoms with E-state index in [-0.39, 0.29) is 37.1 Å². The molecule has 0 spiro atoms. The second kappa shape index (κ2) is 53.6. The second-order valence-electron chi connectivity index (χ2n) is 7.10. The van der Waals surface area contributed by atoms with Gasteiger partial charge in [0, 0.05) is 39.3 Å². The maximum Gasteiger partial charge on any atom is 0.508 e. The molecule has 0 N–H and O–H groups in total. The van der Waals surface area contributed by atoms with Crippen molar-refractivity contribution in [2.45, 2.75) is 95.9 Å². The quantitative estimate of drug-likeness (QED) is 0.154. The van der Waals surface area contributed by atoms with Gasteiger partial charge in [-0.05, 0) is 69.2 Å². The van der Waals surface area contributed by atoms with E-state index in [1.54, 1.807) is 55.4 Å². The Labute approximate surface area is 272 Å². The van der Waals surface area contributed by atoms with E-state index < -0.39 is 6.16 Å². The van der Waals surface area contributed by atoms with Gasteiger partial charge in [-0.15, -0.1) is 0 Å². The van der Waals surface area contributed by atoms with Gasteiger partial charge < -0.3 is 42.6 Å². The molecule has 0 aromatic rings. The summed E-state index contributed by atoms with van der Waals surface area (Å²) in [6.45, 7) is 27.3. The van der Waals surface area contributed by atoms with Crippen molar-refractivity contribution in [3.05, 3.63) is 0 Å². The maximum absolute atomic E-state index is 10.5. The van der Waals surface area contributed by atoms with Crippen molar-refractivity contribution in [1.82, 2.24) is 0 Å². The summed E-state index contributed by atoms with van der Waals surface area (Å²) in [5.74, 6) is -0.830. The summed E-state index contributed by atoms with van der Waals surface area (Å²) >= 11 is 0. The van der Waals surface area contributed by atoms with E-state index in [1.165, 1.54) is 0 Å². The van der Waals surface area contributed by atoms with E-state index in [2.05, 4.69) is 28.4 Å². The summed E-state index contributed by atoms with van der Waals surface area (Å²) in [4.78, 5) is 51.5. The SMILES string of the molecule is CCOC(=O)CC.CCOC(=O)CC.CCOC(=O)OCC.CCOCC.CCOCC(=O)OCC.CCOCC(=O)OCC. The molecule has 0 bridgehead atoms. The second-order valence-corrected chi connectivity index (χ2v) is 7.10. The molecule has 0 radical (unpaired) electrons. The molecular weight excluding hydrogens is 596 g/mol. The average Bonchev–Trinajstić information content (AvgIpc) is 3.02. The van der Waals surface area contributed by atoms with Crippen molar-refractivity contribution in [2.75, 3.05) is 79.3 Å². The molecule has 0 rings (SSSR count). The first-order valence-electron chi connectivity index (χ1n) is 15.6. The van der Waals surface area contributed by atoms with Crippen molar-refractivity contribution >= 4 is 30.0 Å². The standard InChI is InChI=1S/2C6H12O3.C5H10O3.2C5H10O2.C4H10O/c2*1-3-8-5-6(7)9-4-2;1-3-7-5(6)8-4-2;2*1-3-5(6)7-4-2;1-3-5-4-2/h2*3-5H2,1-2H3;3-4H2,1-2H3;2*3-4H2,1-2H3;3-4H2,1-2H3. The number of hydrogen-bond donors (Lipinski definition) is 0. The first-order valence-corrected chi connectivity index (χ1v) is 15.6. The Morgan fingerprint density at radius 1 is 0.311 bits per heavy atom. The molecule has 45 heavy (non-hydrogen) atoms. The third kappa shape index (κ3) is 74.2. The van der Waals surface area contributed by atoms with Crippen molar-refractivity contribution in [1.29, 1.82) is 0 Å². The Morgan fingerprint density at radius 3 is 0.711 bits per heavy atom. The smallest absolute Gasteiger partial charge is 0.466 e. The molecule has 0 heterocycles. The zero-order valence-electron chi connectivity index (χ0n) is 30.1. The molecule has 14 nitrogen and oxygen atoms in total. The molecule has 0 unspecified atom stereocenters. The van der Waals surface area contributed by atoms with Gasteiger partial charge in [0.15, 0.2) is 0 Å². The highest BCUT2D eigenvalue weighted by Crippen LogP contribution is 1.83. The number of esters is 4. The number of ether oxygens (including phenoxy) is 9. The van der Waals surface area contributed by atoms with Crippen molar-refractivity contribution < 1.29 is 66.6 Å². The van der Waals surface area contributed by atoms with Crippen LogP contribution in [0, 0.1) is 0 Å². The molecule has 0 amide bonds. The molecule has 0 saturated carbocycles. The van der Waals surface area contributed by atoms with E-state index in [9.17, 15) is 24.0 Å². The maximum atomic E-state index is 10.5. The van der Waals surface area contributed by atoms with E-state index in [4.69, 9.17) is 14.2 Å². The summed E-state index contributed by atoms with van der Waals surface area (Å²) < 4.78 is 41.5. The van der Waals surface area contributed by atoms with E-state index in [0.717, 1.165) is 13.2 Å². The van der Waals surface area contributed by atoms with Gasteiger partial charge in [-0.25, -0.2) is 14.4 Å². The fraction of sp³-hybridized carbons (Fsp3) is 0.839. The summed E-state index contributed by atoms with van der Waals surface area (Å²) in [5.41, 5.74) is 0. The van der Waals surface area contributed by atoms with Crippen LogP contribution in [0.1, 0.15) is 95.9 Å². The summed E-state index contributed by atoms with van der Waals surface area (Å²) in [5, 5.41) is 0. The van der Waals surface area contributed by atoms with Crippen molar-refractivity contribution in [2.24, 2.45) is 0 Å². The molecule has 0 aliphatic carbocycles. The minimum Gasteiger partial charge on any atom is -0.466 e. The van der Waals surface area contributed by atoms with Crippen molar-refractivity contribution in [3.63, 3.8) is 0 Å². The Morgan fingerprint density at radius 2 is 0.556 bits per heavy atom. The lowest BCUT2D eigenvalue weighted by molar-refractivity contribution is -0.149. The monoisotopic (exact) mass is 660 g/mol. The number of carbonyl (C=O) groups is 5. The molecule has 0 aromatic carbocycles. The highest BCUT2D eigenvalue weighted by molar-refractivity contribution is 5.71. The molecule has 14 heteroatoms. The van der Waals surface area contributed by atoms with Gasteiger partial charge in [-0.2, -0.15) is 0 Å². The van der Waals surface area contributed by atoms with Crippen LogP contribution < -0.4 is 0 Å². The fourth-order valence-corrected chi connectivity index (χ4v) is 1.78. The Bertz CT molecular complexity index is 577. The van der Waals surface area contributed by atoms with E-state index >= 15 is 0 Å². The molecule has 0 saturated heterocycles. The van der Waals surface area contributed by atoms with Crippen LogP contribution in [0.3, 0.4) is 0 Å². The number of carbonyl (C=O) groups excluding carboxylic acids is 5. The minimum absolute atomic E-state index is 0.0737. The summed E-state index contributed by atoms with van der Waals surface area (Å²) in [6, 6.07) is 0. The largest absolute Gasteiger partial charge is 0.508 e. The molecule has 0 aromatic heterocycles. The van der Waals surface area contributed by atoms with E-state index in [1.807, 2.05) is 27.7 Å². The van der Waals surface area contributed by atoms with E-state index in [0.29, 0.717) is 65.7 Å². The highest BCUT2D eigenvalue weighted by atomic mass is 16.7. The lowest BCUT2D eigenvalue weighted by Crippen LogP contribution is -2.11. The van der Waals surface area contributed by atoms with Gasteiger partial charge in [0.25, 0.3) is 0 Å². The van der Waals surface area contributed by atoms with Gasteiger partial charge >= 0.3 is 30.0 Å². The van der Waals surface area contributed by atoms with Crippen LogP contribution in [0.15, 0.2) is 0 Å². The zero-order valence-corrected chi connectivity index (χ0v) is 30.1. The van der Waals surface area contributed by atoms with Crippen LogP contribution in [0.5, 0.6) is 0 Å². The normalized spacial score (nSPS) is 8.62. The van der Waals surface area contributed by atoms with Gasteiger partial charge in [-0.3, -0.25) is 9.59 Å². The van der Waals surface area contributed by atoms with Gasteiger partial charge in [0.05, 0.1) is 39.6 Å². The Hall–Kier alpha value is -2.97. The highest BCUT2D eigenvalue weighted by Gasteiger charge is 1.99. The van der Waals surface area contributed by atoms with Gasteiger partial charge in [0.2, 0.25) is 0 Å². The summed E-state index contributed by atoms with van der Waals surface area (Å²) in [6.07, 6.45) is 0.372. The predicted molar refractivity (Wildman–Crippen MR) is 171 cm³/mol. The summed E-state index contributed by atoms with van der Waals surface area (Å²) in [7, 11) is 0. The Balaban J connectivity index is -0.000000102. The fourth-order valence-electron chi connectivity index (χ4n) is 1.78. The topological polar surface area (TPSA) is 168 Å². The third-order valence-electron chi connectivity index (χ3n) is 3.58. The van der Waals surface area contributed by atoms with Crippen molar-refractivity contribution in [3.8, 4) is 0 Å². The molecule has 0 aliphatic rings. The van der Waals surface area contributed by atoms with Gasteiger partial charge in [0.1, 0.15) is 13.2 Å². The lowest BCUT2D eigenvalue weighted by atomic mass is 10.5. The number of rotatable bonds is 16. The number of hydrogen-bond acceptors (Lipinski definition) is 14. The van der Waals surface area contributed by atoms with Crippen LogP contribution in [0.25, 0.3) is 0 Å². The van der Waals surface area contributed by atoms with Crippen LogP contribution >= 0.6 is 0 Å². The zero-order chi connectivity index (χ0) is 36.2. The molecule has 0 aliphatic heterocycles. The molecular formula is C31H64O14. The molecule has 0 fully saturated rings. The predicted octanol–water partition coefficient (Wildman–Crippen LogP) is 5.31. The minimum atomic E-state index is -0.588. The van der Waals surface area contributed by atoms with Crippen LogP contribution in [-0.4, -0.2) is 109 Å². The van der Waals surface area contributed by atoms with Gasteiger partial charge in [-0.1, -0.05) is 13.8 Å². The molecule has 272 valence electrons.